The fourth-order valence-electron chi connectivity index (χ4n) is 0. The minimum atomic E-state index is 0. The van der Waals surface area contributed by atoms with Gasteiger partial charge in [-0.2, -0.15) is 0 Å². The fraction of sp³-hybridized carbons (Fsp3) is 0. The van der Waals surface area contributed by atoms with E-state index >= 15 is 0 Å². The molecule has 0 heterocycles. The molecule has 0 aromatic carbocycles. The van der Waals surface area contributed by atoms with Crippen LogP contribution in [0, 0.1) is 0 Å². The molecule has 4 heavy (non-hydrogen) atoms. The topological polar surface area (TPSA) is 0 Å². The van der Waals surface area contributed by atoms with Crippen LogP contribution in [0.2, 0.25) is 0 Å². The normalized spacial score (nSPS) is 0. The summed E-state index contributed by atoms with van der Waals surface area (Å²) in [5.41, 5.74) is 0. The summed E-state index contributed by atoms with van der Waals surface area (Å²) in [6, 6.07) is 0. The second kappa shape index (κ2) is 22.5. The van der Waals surface area contributed by atoms with Gasteiger partial charge in [-0.15, -0.1) is 0 Å². The zero-order chi connectivity index (χ0) is 0. The Balaban J connectivity index is 0. The average molecular weight is 135 g/mol. The molecule has 0 saturated carbocycles. The molecule has 0 nitrogen and oxygen atoms in total. The van der Waals surface area contributed by atoms with E-state index in [1.54, 1.807) is 0 Å². The van der Waals surface area contributed by atoms with E-state index in [0.717, 1.165) is 0 Å². The van der Waals surface area contributed by atoms with Gasteiger partial charge < -0.3 is 2.85 Å². The van der Waals surface area contributed by atoms with E-state index in [1.807, 2.05) is 0 Å². The largest absolute Gasteiger partial charge is 2.00 e. The molecule has 0 N–H and O–H groups in total. The van der Waals surface area contributed by atoms with E-state index in [0.29, 0.717) is 0 Å². The molecule has 0 unspecified atom stereocenters. The fourth-order valence-corrected chi connectivity index (χ4v) is 0. The summed E-state index contributed by atoms with van der Waals surface area (Å²) >= 11 is 0. The predicted octanol–water partition coefficient (Wildman–Crippen LogP) is -1.99. The summed E-state index contributed by atoms with van der Waals surface area (Å²) in [5, 5.41) is 0. The third kappa shape index (κ3) is 9.38. The van der Waals surface area contributed by atoms with Crippen LogP contribution in [0.25, 0.3) is 0 Å². The van der Waals surface area contributed by atoms with Crippen LogP contribution in [-0.4, -0.2) is 42.4 Å². The SMILES string of the molecule is [B].[H-].[H-].[Mg+2].[SiH4].[Zn]. The van der Waals surface area contributed by atoms with Gasteiger partial charge in [0.25, 0.3) is 0 Å². The number of rotatable bonds is 0. The van der Waals surface area contributed by atoms with E-state index < -0.39 is 0 Å². The third-order valence-corrected chi connectivity index (χ3v) is 0. The average Bonchev–Trinajstić information content (AvgIpc) is 0. The molecule has 17 valence electrons. The van der Waals surface area contributed by atoms with Crippen molar-refractivity contribution < 1.29 is 22.3 Å². The van der Waals surface area contributed by atoms with Crippen molar-refractivity contribution in [2.24, 2.45) is 0 Å². The Hall–Kier alpha value is 1.67. The van der Waals surface area contributed by atoms with E-state index in [9.17, 15) is 0 Å². The van der Waals surface area contributed by atoms with Crippen molar-refractivity contribution in [3.63, 3.8) is 0 Å². The van der Waals surface area contributed by atoms with E-state index in [4.69, 9.17) is 0 Å². The van der Waals surface area contributed by atoms with Crippen LogP contribution in [0.4, 0.5) is 0 Å². The van der Waals surface area contributed by atoms with Gasteiger partial charge in [0.15, 0.2) is 0 Å². The van der Waals surface area contributed by atoms with Crippen molar-refractivity contribution in [1.29, 1.82) is 0 Å². The van der Waals surface area contributed by atoms with Crippen LogP contribution in [-0.2, 0) is 19.5 Å². The molecule has 4 heteroatoms. The van der Waals surface area contributed by atoms with Crippen molar-refractivity contribution in [2.45, 2.75) is 0 Å². The molecule has 0 aromatic heterocycles. The van der Waals surface area contributed by atoms with Crippen LogP contribution in [0.1, 0.15) is 2.85 Å². The Labute approximate surface area is 64.6 Å². The first kappa shape index (κ1) is 44.3. The second-order valence-electron chi connectivity index (χ2n) is 0. The Morgan fingerprint density at radius 2 is 1.25 bits per heavy atom. The molecule has 0 amide bonds. The van der Waals surface area contributed by atoms with Crippen molar-refractivity contribution in [3.8, 4) is 0 Å². The van der Waals surface area contributed by atoms with Gasteiger partial charge in [-0.25, -0.2) is 0 Å². The van der Waals surface area contributed by atoms with E-state index in [-0.39, 0.29) is 64.8 Å². The zero-order valence-corrected chi connectivity index (χ0v) is 6.37. The quantitative estimate of drug-likeness (QED) is 0.337. The molecule has 0 spiro atoms. The summed E-state index contributed by atoms with van der Waals surface area (Å²) < 4.78 is 0. The van der Waals surface area contributed by atoms with Crippen LogP contribution in [0.3, 0.4) is 0 Å². The minimum absolute atomic E-state index is 0. The molecule has 0 aliphatic carbocycles. The van der Waals surface area contributed by atoms with Crippen LogP contribution in [0.5, 0.6) is 0 Å². The van der Waals surface area contributed by atoms with E-state index in [1.165, 1.54) is 0 Å². The minimum Gasteiger partial charge on any atom is -1.00 e. The Morgan fingerprint density at radius 1 is 1.25 bits per heavy atom. The van der Waals surface area contributed by atoms with Gasteiger partial charge in [0.1, 0.15) is 0 Å². The first-order chi connectivity index (χ1) is 0. The third-order valence-electron chi connectivity index (χ3n) is 0. The molecule has 3 radical (unpaired) electrons. The summed E-state index contributed by atoms with van der Waals surface area (Å²) in [7, 11) is 0. The van der Waals surface area contributed by atoms with Gasteiger partial charge in [-0.05, 0) is 11.0 Å². The van der Waals surface area contributed by atoms with Crippen molar-refractivity contribution in [3.05, 3.63) is 0 Å². The monoisotopic (exact) mass is 133 g/mol. The van der Waals surface area contributed by atoms with Crippen molar-refractivity contribution >= 4 is 42.4 Å². The molecule has 0 bridgehead atoms. The van der Waals surface area contributed by atoms with Gasteiger partial charge in [0.05, 0.1) is 0 Å². The summed E-state index contributed by atoms with van der Waals surface area (Å²) in [6.07, 6.45) is 0. The molecular weight excluding hydrogens is 129 g/mol. The Bertz CT molecular complexity index is 13.5. The van der Waals surface area contributed by atoms with Crippen LogP contribution in [0.15, 0.2) is 0 Å². The molecule has 0 saturated heterocycles. The molecule has 0 aliphatic rings. The molecule has 0 aliphatic heterocycles. The number of hydrogen-bond donors (Lipinski definition) is 0. The van der Waals surface area contributed by atoms with Gasteiger partial charge in [0, 0.05) is 27.9 Å². The molecule has 0 aromatic rings. The molecule has 0 fully saturated rings. The van der Waals surface area contributed by atoms with Crippen LogP contribution >= 0.6 is 0 Å². The maximum Gasteiger partial charge on any atom is 2.00 e. The maximum absolute atomic E-state index is 0. The smallest absolute Gasteiger partial charge is 1.00 e. The van der Waals surface area contributed by atoms with Gasteiger partial charge in [0.2, 0.25) is 0 Å². The maximum atomic E-state index is 0. The van der Waals surface area contributed by atoms with Gasteiger partial charge in [-0.1, -0.05) is 0 Å². The molecule has 0 atom stereocenters. The summed E-state index contributed by atoms with van der Waals surface area (Å²) in [4.78, 5) is 0. The van der Waals surface area contributed by atoms with Gasteiger partial charge >= 0.3 is 23.1 Å². The predicted molar refractivity (Wildman–Crippen MR) is 25.1 cm³/mol. The van der Waals surface area contributed by atoms with Crippen molar-refractivity contribution in [1.82, 2.24) is 0 Å². The zero-order valence-electron chi connectivity index (χ0n) is 3.99. The van der Waals surface area contributed by atoms with Crippen LogP contribution < -0.4 is 0 Å². The number of hydrogen-bond acceptors (Lipinski definition) is 0. The second-order valence-corrected chi connectivity index (χ2v) is 0. The summed E-state index contributed by atoms with van der Waals surface area (Å²) in [6.45, 7) is 0. The molecular formula is H6BMgSiZn. The first-order valence-electron chi connectivity index (χ1n) is 0. The first-order valence-corrected chi connectivity index (χ1v) is 0. The summed E-state index contributed by atoms with van der Waals surface area (Å²) in [5.74, 6) is 0. The Morgan fingerprint density at radius 3 is 1.25 bits per heavy atom. The van der Waals surface area contributed by atoms with Crippen molar-refractivity contribution in [2.75, 3.05) is 0 Å². The van der Waals surface area contributed by atoms with Gasteiger partial charge in [-0.3, -0.25) is 0 Å². The van der Waals surface area contributed by atoms with E-state index in [2.05, 4.69) is 0 Å². The Kier molecular flexibility index (Phi) is 250. The standard InChI is InChI=1S/B.Mg.H4Si.Zn.2H/h;;1H4;;;/q;+2;;;2*-1. The molecule has 0 rings (SSSR count).